The summed E-state index contributed by atoms with van der Waals surface area (Å²) < 4.78 is 5.75. The van der Waals surface area contributed by atoms with E-state index >= 15 is 0 Å². The van der Waals surface area contributed by atoms with Gasteiger partial charge < -0.3 is 36.4 Å². The van der Waals surface area contributed by atoms with E-state index in [2.05, 4.69) is 39.7 Å². The fourth-order valence-electron chi connectivity index (χ4n) is 6.00. The van der Waals surface area contributed by atoms with E-state index in [9.17, 15) is 24.3 Å². The van der Waals surface area contributed by atoms with Crippen molar-refractivity contribution >= 4 is 23.6 Å². The summed E-state index contributed by atoms with van der Waals surface area (Å²) in [5.41, 5.74) is 4.74. The molecule has 272 valence electrons. The number of carbonyl (C=O) groups is 4. The van der Waals surface area contributed by atoms with E-state index in [1.165, 1.54) is 0 Å². The van der Waals surface area contributed by atoms with Crippen LogP contribution in [-0.2, 0) is 25.6 Å². The molecule has 4 atom stereocenters. The highest BCUT2D eigenvalue weighted by atomic mass is 16.6. The highest BCUT2D eigenvalue weighted by molar-refractivity contribution is 5.92. The number of rotatable bonds is 20. The molecule has 6 N–H and O–H groups in total. The van der Waals surface area contributed by atoms with Gasteiger partial charge in [0.1, 0.15) is 17.8 Å². The van der Waals surface area contributed by atoms with E-state index in [4.69, 9.17) is 10.5 Å². The Morgan fingerprint density at radius 3 is 2.15 bits per heavy atom. The Labute approximate surface area is 287 Å². The Kier molecular flexibility index (Phi) is 16.3. The van der Waals surface area contributed by atoms with E-state index in [0.717, 1.165) is 44.6 Å². The van der Waals surface area contributed by atoms with Gasteiger partial charge in [0.2, 0.25) is 29.9 Å². The minimum atomic E-state index is -0.976. The van der Waals surface area contributed by atoms with Crippen LogP contribution < -0.4 is 26.4 Å². The van der Waals surface area contributed by atoms with Gasteiger partial charge in [-0.2, -0.15) is 0 Å². The van der Waals surface area contributed by atoms with Gasteiger partial charge in [-0.25, -0.2) is 0 Å². The number of likely N-dealkylation sites (N-methyl/N-ethyl adjacent to an activating group) is 1. The fourth-order valence-corrected chi connectivity index (χ4v) is 6.00. The van der Waals surface area contributed by atoms with Crippen LogP contribution in [0.1, 0.15) is 92.6 Å². The number of ether oxygens (including phenoxy) is 1. The predicted molar refractivity (Wildman–Crippen MR) is 188 cm³/mol. The predicted octanol–water partition coefficient (Wildman–Crippen LogP) is 2.57. The first-order chi connectivity index (χ1) is 22.5. The molecular weight excluding hydrogens is 612 g/mol. The SMILES string of the molecule is CCCCCC(=O)NC(Cc1ccc(OC(O)CN2CCN(C)CC2)cc1)C(=O)NC(C(=O)NC(C)(C)CC(C)(C)C(N)=O)C(C)CC. The van der Waals surface area contributed by atoms with Crippen LogP contribution in [0.5, 0.6) is 5.75 Å². The molecule has 0 spiro atoms. The van der Waals surface area contributed by atoms with Gasteiger partial charge in [0.25, 0.3) is 0 Å². The number of benzene rings is 1. The van der Waals surface area contributed by atoms with E-state index in [1.54, 1.807) is 26.0 Å². The highest BCUT2D eigenvalue weighted by Crippen LogP contribution is 2.28. The van der Waals surface area contributed by atoms with Gasteiger partial charge in [0, 0.05) is 50.0 Å². The number of amides is 4. The molecule has 4 unspecified atom stereocenters. The van der Waals surface area contributed by atoms with Gasteiger partial charge in [-0.1, -0.05) is 66.0 Å². The zero-order chi connectivity index (χ0) is 36.1. The van der Waals surface area contributed by atoms with Crippen molar-refractivity contribution in [2.24, 2.45) is 17.1 Å². The number of nitrogens with one attached hydrogen (secondary N) is 3. The van der Waals surface area contributed by atoms with Crippen molar-refractivity contribution in [3.05, 3.63) is 29.8 Å². The maximum Gasteiger partial charge on any atom is 0.243 e. The van der Waals surface area contributed by atoms with E-state index < -0.39 is 41.1 Å². The molecule has 1 heterocycles. The molecule has 1 aliphatic rings. The minimum Gasteiger partial charge on any atom is -0.464 e. The zero-order valence-corrected chi connectivity index (χ0v) is 30.6. The quantitative estimate of drug-likeness (QED) is 0.104. The lowest BCUT2D eigenvalue weighted by molar-refractivity contribution is -0.134. The summed E-state index contributed by atoms with van der Waals surface area (Å²) in [4.78, 5) is 56.7. The van der Waals surface area contributed by atoms with E-state index in [0.29, 0.717) is 38.0 Å². The number of aliphatic hydroxyl groups is 1. The van der Waals surface area contributed by atoms with Crippen LogP contribution in [0, 0.1) is 11.3 Å². The van der Waals surface area contributed by atoms with E-state index in [-0.39, 0.29) is 24.2 Å². The van der Waals surface area contributed by atoms with Gasteiger partial charge in [-0.15, -0.1) is 0 Å². The van der Waals surface area contributed by atoms with Gasteiger partial charge in [0.05, 0.1) is 6.54 Å². The molecule has 1 aromatic carbocycles. The molecule has 1 saturated heterocycles. The van der Waals surface area contributed by atoms with Gasteiger partial charge >= 0.3 is 0 Å². The van der Waals surface area contributed by atoms with E-state index in [1.807, 2.05) is 39.8 Å². The van der Waals surface area contributed by atoms with Crippen molar-refractivity contribution in [1.29, 1.82) is 0 Å². The smallest absolute Gasteiger partial charge is 0.243 e. The van der Waals surface area contributed by atoms with Crippen molar-refractivity contribution in [2.75, 3.05) is 39.8 Å². The van der Waals surface area contributed by atoms with Gasteiger partial charge in [-0.3, -0.25) is 24.1 Å². The number of hydrogen-bond acceptors (Lipinski definition) is 8. The fraction of sp³-hybridized carbons (Fsp3) is 0.722. The third kappa shape index (κ3) is 14.1. The largest absolute Gasteiger partial charge is 0.464 e. The van der Waals surface area contributed by atoms with Crippen molar-refractivity contribution in [1.82, 2.24) is 25.8 Å². The number of hydrogen-bond donors (Lipinski definition) is 5. The number of β-amino-alcohol motifs (C(OH)–C–C–N with tert-alkyl or cyclic N) is 1. The standard InChI is InChI=1S/C36H62N6O6/c1-9-11-12-13-29(43)38-28(22-26-14-16-27(17-15-26)48-30(44)23-42-20-18-41(8)19-21-42)32(45)39-31(25(3)10-2)33(46)40-36(6,7)24-35(4,5)34(37)47/h14-17,25,28,30-31,44H,9-13,18-24H2,1-8H3,(H2,37,47)(H,38,43)(H,39,45)(H,40,46). The number of carbonyl (C=O) groups excluding carboxylic acids is 4. The van der Waals surface area contributed by atoms with Crippen LogP contribution in [0.3, 0.4) is 0 Å². The second-order valence-electron chi connectivity index (χ2n) is 14.8. The van der Waals surface area contributed by atoms with Crippen molar-refractivity contribution in [3.63, 3.8) is 0 Å². The minimum absolute atomic E-state index is 0.197. The Balaban J connectivity index is 2.17. The first kappa shape index (κ1) is 41.0. The number of aliphatic hydroxyl groups excluding tert-OH is 1. The molecular formula is C36H62N6O6. The molecule has 1 aliphatic heterocycles. The van der Waals surface area contributed by atoms with Crippen LogP contribution >= 0.6 is 0 Å². The summed E-state index contributed by atoms with van der Waals surface area (Å²) in [6.07, 6.45) is 3.05. The van der Waals surface area contributed by atoms with Gasteiger partial charge in [-0.05, 0) is 57.4 Å². The molecule has 1 fully saturated rings. The molecule has 1 aromatic rings. The van der Waals surface area contributed by atoms with Crippen LogP contribution in [-0.4, -0.2) is 102 Å². The highest BCUT2D eigenvalue weighted by Gasteiger charge is 2.37. The number of nitrogens with zero attached hydrogens (tertiary/aromatic N) is 2. The monoisotopic (exact) mass is 674 g/mol. The molecule has 12 nitrogen and oxygen atoms in total. The molecule has 0 saturated carbocycles. The summed E-state index contributed by atoms with van der Waals surface area (Å²) in [6.45, 7) is 17.0. The number of unbranched alkanes of at least 4 members (excludes halogenated alkanes) is 2. The average molecular weight is 675 g/mol. The lowest BCUT2D eigenvalue weighted by Crippen LogP contribution is -2.59. The van der Waals surface area contributed by atoms with Crippen LogP contribution in [0.25, 0.3) is 0 Å². The molecule has 0 bridgehead atoms. The third-order valence-electron chi connectivity index (χ3n) is 9.11. The summed E-state index contributed by atoms with van der Waals surface area (Å²) >= 11 is 0. The first-order valence-corrected chi connectivity index (χ1v) is 17.5. The maximum atomic E-state index is 13.8. The molecule has 12 heteroatoms. The normalized spacial score (nSPS) is 17.1. The summed E-state index contributed by atoms with van der Waals surface area (Å²) in [5.74, 6) is -1.22. The molecule has 0 aliphatic carbocycles. The Bertz CT molecular complexity index is 1180. The maximum absolute atomic E-state index is 13.8. The summed E-state index contributed by atoms with van der Waals surface area (Å²) in [5, 5.41) is 19.3. The molecule has 0 radical (unpaired) electrons. The molecule has 48 heavy (non-hydrogen) atoms. The Hall–Kier alpha value is -3.22. The molecule has 4 amide bonds. The topological polar surface area (TPSA) is 166 Å². The summed E-state index contributed by atoms with van der Waals surface area (Å²) in [6, 6.07) is 5.31. The Morgan fingerprint density at radius 2 is 1.58 bits per heavy atom. The number of nitrogens with two attached hydrogens (primary N) is 1. The third-order valence-corrected chi connectivity index (χ3v) is 9.11. The lowest BCUT2D eigenvalue weighted by atomic mass is 9.79. The summed E-state index contributed by atoms with van der Waals surface area (Å²) in [7, 11) is 2.08. The second-order valence-corrected chi connectivity index (χ2v) is 14.8. The number of piperazine rings is 1. The first-order valence-electron chi connectivity index (χ1n) is 17.5. The lowest BCUT2D eigenvalue weighted by Gasteiger charge is -2.36. The molecule has 0 aromatic heterocycles. The second kappa shape index (κ2) is 19.1. The van der Waals surface area contributed by atoms with Gasteiger partial charge in [0.15, 0.2) is 0 Å². The Morgan fingerprint density at radius 1 is 0.958 bits per heavy atom. The average Bonchev–Trinajstić information content (AvgIpc) is 3.00. The van der Waals surface area contributed by atoms with Crippen molar-refractivity contribution in [3.8, 4) is 5.75 Å². The van der Waals surface area contributed by atoms with Crippen molar-refractivity contribution < 1.29 is 29.0 Å². The zero-order valence-electron chi connectivity index (χ0n) is 30.6. The van der Waals surface area contributed by atoms with Crippen LogP contribution in [0.15, 0.2) is 24.3 Å². The van der Waals surface area contributed by atoms with Crippen molar-refractivity contribution in [2.45, 2.75) is 117 Å². The molecule has 2 rings (SSSR count). The van der Waals surface area contributed by atoms with Crippen LogP contribution in [0.2, 0.25) is 0 Å². The number of primary amides is 1. The van der Waals surface area contributed by atoms with Crippen LogP contribution in [0.4, 0.5) is 0 Å².